The Balaban J connectivity index is 2.05. The number of hydrogen-bond acceptors (Lipinski definition) is 2. The van der Waals surface area contributed by atoms with Crippen LogP contribution in [0.3, 0.4) is 0 Å². The highest BCUT2D eigenvalue weighted by Gasteiger charge is 2.13. The Kier molecular flexibility index (Phi) is 5.28. The molecule has 0 bridgehead atoms. The normalized spacial score (nSPS) is 12.4. The van der Waals surface area contributed by atoms with Crippen molar-refractivity contribution in [1.82, 2.24) is 0 Å². The lowest BCUT2D eigenvalue weighted by atomic mass is 10.1. The molecule has 5 heteroatoms. The van der Waals surface area contributed by atoms with Gasteiger partial charge in [-0.2, -0.15) is 0 Å². The number of rotatable bonds is 4. The summed E-state index contributed by atoms with van der Waals surface area (Å²) in [5.74, 6) is 0.120. The van der Waals surface area contributed by atoms with E-state index in [0.717, 1.165) is 4.90 Å². The summed E-state index contributed by atoms with van der Waals surface area (Å²) in [5.41, 5.74) is 0.668. The van der Waals surface area contributed by atoms with Gasteiger partial charge in [0.2, 0.25) is 0 Å². The highest BCUT2D eigenvalue weighted by Crippen LogP contribution is 2.32. The molecule has 1 nitrogen and oxygen atoms in total. The van der Waals surface area contributed by atoms with Crippen LogP contribution in [0.25, 0.3) is 0 Å². The quantitative estimate of drug-likeness (QED) is 0.767. The summed E-state index contributed by atoms with van der Waals surface area (Å²) >= 11 is 10.8. The minimum absolute atomic E-state index is 0.332. The van der Waals surface area contributed by atoms with E-state index < -0.39 is 6.10 Å². The molecular formula is C14H11BrClFOS. The lowest BCUT2D eigenvalue weighted by molar-refractivity contribution is 0.203. The van der Waals surface area contributed by atoms with Crippen LogP contribution in [-0.2, 0) is 0 Å². The summed E-state index contributed by atoms with van der Waals surface area (Å²) in [4.78, 5) is 0.918. The molecule has 1 N–H and O–H groups in total. The van der Waals surface area contributed by atoms with Crippen LogP contribution < -0.4 is 0 Å². The molecule has 1 unspecified atom stereocenters. The summed E-state index contributed by atoms with van der Waals surface area (Å²) in [6, 6.07) is 11.7. The molecule has 0 amide bonds. The van der Waals surface area contributed by atoms with Crippen molar-refractivity contribution in [1.29, 1.82) is 0 Å². The van der Waals surface area contributed by atoms with Crippen LogP contribution in [0.15, 0.2) is 51.8 Å². The van der Waals surface area contributed by atoms with E-state index in [9.17, 15) is 9.50 Å². The van der Waals surface area contributed by atoms with Gasteiger partial charge in [-0.05, 0) is 29.8 Å². The molecule has 0 heterocycles. The average molecular weight is 362 g/mol. The number of benzene rings is 2. The Morgan fingerprint density at radius 3 is 2.68 bits per heavy atom. The molecule has 2 aromatic rings. The third-order valence-corrected chi connectivity index (χ3v) is 4.83. The smallest absolute Gasteiger partial charge is 0.124 e. The minimum Gasteiger partial charge on any atom is -0.387 e. The van der Waals surface area contributed by atoms with Crippen LogP contribution in [-0.4, -0.2) is 10.9 Å². The molecule has 0 spiro atoms. The summed E-state index contributed by atoms with van der Waals surface area (Å²) < 4.78 is 13.5. The van der Waals surface area contributed by atoms with Gasteiger partial charge in [-0.3, -0.25) is 0 Å². The molecule has 1 atom stereocenters. The van der Waals surface area contributed by atoms with Crippen molar-refractivity contribution < 1.29 is 9.50 Å². The van der Waals surface area contributed by atoms with Crippen LogP contribution in [0.4, 0.5) is 4.39 Å². The fourth-order valence-corrected chi connectivity index (χ4v) is 3.40. The van der Waals surface area contributed by atoms with E-state index in [4.69, 9.17) is 11.6 Å². The Hall–Kier alpha value is -0.550. The van der Waals surface area contributed by atoms with Crippen molar-refractivity contribution >= 4 is 39.3 Å². The third kappa shape index (κ3) is 3.96. The molecule has 2 aromatic carbocycles. The molecule has 2 rings (SSSR count). The van der Waals surface area contributed by atoms with E-state index in [0.29, 0.717) is 20.8 Å². The monoisotopic (exact) mass is 360 g/mol. The number of hydrogen-bond donors (Lipinski definition) is 1. The second-order valence-electron chi connectivity index (χ2n) is 3.92. The Bertz CT molecular complexity index is 579. The van der Waals surface area contributed by atoms with E-state index >= 15 is 0 Å². The van der Waals surface area contributed by atoms with Crippen molar-refractivity contribution in [3.8, 4) is 0 Å². The summed E-state index contributed by atoms with van der Waals surface area (Å²) in [7, 11) is 0. The molecule has 0 fully saturated rings. The fourth-order valence-electron chi connectivity index (χ4n) is 1.59. The van der Waals surface area contributed by atoms with Crippen molar-refractivity contribution in [3.05, 3.63) is 63.3 Å². The van der Waals surface area contributed by atoms with Crippen LogP contribution in [0.2, 0.25) is 5.02 Å². The maximum atomic E-state index is 13.0. The summed E-state index contributed by atoms with van der Waals surface area (Å²) in [5, 5.41) is 10.8. The average Bonchev–Trinajstić information content (AvgIpc) is 2.37. The minimum atomic E-state index is -0.684. The molecule has 0 aromatic heterocycles. The molecule has 0 aliphatic heterocycles. The Labute approximate surface area is 128 Å². The van der Waals surface area contributed by atoms with Crippen LogP contribution in [0, 0.1) is 5.82 Å². The van der Waals surface area contributed by atoms with Crippen LogP contribution >= 0.6 is 39.3 Å². The highest BCUT2D eigenvalue weighted by molar-refractivity contribution is 9.10. The van der Waals surface area contributed by atoms with Gasteiger partial charge in [0, 0.05) is 15.1 Å². The third-order valence-electron chi connectivity index (χ3n) is 2.55. The molecule has 0 aliphatic rings. The zero-order valence-corrected chi connectivity index (χ0v) is 13.0. The highest BCUT2D eigenvalue weighted by atomic mass is 79.9. The predicted octanol–water partition coefficient (Wildman–Crippen LogP) is 5.07. The first-order chi connectivity index (χ1) is 9.08. The Morgan fingerprint density at radius 2 is 2.00 bits per heavy atom. The molecule has 19 heavy (non-hydrogen) atoms. The summed E-state index contributed by atoms with van der Waals surface area (Å²) in [6.07, 6.45) is -0.684. The second-order valence-corrected chi connectivity index (χ2v) is 6.25. The second kappa shape index (κ2) is 6.75. The first-order valence-electron chi connectivity index (χ1n) is 5.58. The maximum absolute atomic E-state index is 13.0. The SMILES string of the molecule is OC(CSc1ccccc1Cl)c1ccc(F)cc1Br. The molecule has 0 radical (unpaired) electrons. The largest absolute Gasteiger partial charge is 0.387 e. The van der Waals surface area contributed by atoms with Gasteiger partial charge in [0.15, 0.2) is 0 Å². The van der Waals surface area contributed by atoms with Gasteiger partial charge in [0.25, 0.3) is 0 Å². The molecule has 100 valence electrons. The number of aliphatic hydroxyl groups excluding tert-OH is 1. The van der Waals surface area contributed by atoms with Gasteiger partial charge in [-0.25, -0.2) is 4.39 Å². The van der Waals surface area contributed by atoms with E-state index in [1.54, 1.807) is 6.07 Å². The van der Waals surface area contributed by atoms with Crippen LogP contribution in [0.5, 0.6) is 0 Å². The molecule has 0 saturated carbocycles. The maximum Gasteiger partial charge on any atom is 0.124 e. The number of halogens is 3. The lowest BCUT2D eigenvalue weighted by Gasteiger charge is -2.13. The van der Waals surface area contributed by atoms with Gasteiger partial charge >= 0.3 is 0 Å². The predicted molar refractivity (Wildman–Crippen MR) is 81.2 cm³/mol. The Morgan fingerprint density at radius 1 is 1.26 bits per heavy atom. The topological polar surface area (TPSA) is 20.2 Å². The zero-order chi connectivity index (χ0) is 13.8. The first-order valence-corrected chi connectivity index (χ1v) is 7.74. The first kappa shape index (κ1) is 14.9. The van der Waals surface area contributed by atoms with Crippen molar-refractivity contribution in [3.63, 3.8) is 0 Å². The van der Waals surface area contributed by atoms with Gasteiger partial charge in [0.05, 0.1) is 11.1 Å². The van der Waals surface area contributed by atoms with Gasteiger partial charge < -0.3 is 5.11 Å². The summed E-state index contributed by atoms with van der Waals surface area (Å²) in [6.45, 7) is 0. The van der Waals surface area contributed by atoms with Gasteiger partial charge in [-0.1, -0.05) is 45.7 Å². The van der Waals surface area contributed by atoms with E-state index in [1.165, 1.54) is 23.9 Å². The number of aliphatic hydroxyl groups is 1. The standard InChI is InChI=1S/C14H11BrClFOS/c15-11-7-9(17)5-6-10(11)13(18)8-19-14-4-2-1-3-12(14)16/h1-7,13,18H,8H2. The number of thioether (sulfide) groups is 1. The van der Waals surface area contributed by atoms with E-state index in [-0.39, 0.29) is 5.82 Å². The van der Waals surface area contributed by atoms with E-state index in [1.807, 2.05) is 24.3 Å². The van der Waals surface area contributed by atoms with Gasteiger partial charge in [0.1, 0.15) is 5.82 Å². The van der Waals surface area contributed by atoms with Crippen molar-refractivity contribution in [2.24, 2.45) is 0 Å². The molecular weight excluding hydrogens is 351 g/mol. The van der Waals surface area contributed by atoms with Crippen molar-refractivity contribution in [2.45, 2.75) is 11.0 Å². The van der Waals surface area contributed by atoms with Crippen molar-refractivity contribution in [2.75, 3.05) is 5.75 Å². The van der Waals surface area contributed by atoms with Gasteiger partial charge in [-0.15, -0.1) is 11.8 Å². The fraction of sp³-hybridized carbons (Fsp3) is 0.143. The van der Waals surface area contributed by atoms with Crippen LogP contribution in [0.1, 0.15) is 11.7 Å². The zero-order valence-electron chi connectivity index (χ0n) is 9.82. The molecule has 0 aliphatic carbocycles. The lowest BCUT2D eigenvalue weighted by Crippen LogP contribution is -2.02. The van der Waals surface area contributed by atoms with E-state index in [2.05, 4.69) is 15.9 Å². The molecule has 0 saturated heterocycles.